The van der Waals surface area contributed by atoms with Crippen LogP contribution in [0.15, 0.2) is 225 Å². The molecule has 9 rings (SSSR count). The van der Waals surface area contributed by atoms with Gasteiger partial charge in [-0.05, 0) is 88.1 Å². The third kappa shape index (κ3) is 14.7. The van der Waals surface area contributed by atoms with Crippen molar-refractivity contribution in [3.63, 3.8) is 0 Å². The van der Waals surface area contributed by atoms with Crippen LogP contribution in [0, 0.1) is 18.2 Å². The van der Waals surface area contributed by atoms with Crippen LogP contribution in [0.25, 0.3) is 33.8 Å². The topological polar surface area (TPSA) is 41.9 Å². The minimum Gasteiger partial charge on any atom is -0.311 e. The molecule has 4 nitrogen and oxygen atoms in total. The molecule has 5 heteroatoms. The molecule has 0 atom stereocenters. The number of anilines is 3. The third-order valence-electron chi connectivity index (χ3n) is 9.93. The molecule has 0 bridgehead atoms. The normalized spacial score (nSPS) is 10.5. The fraction of sp³-hybridized carbons (Fsp3) is 0.136. The Labute approximate surface area is 395 Å². The van der Waals surface area contributed by atoms with Crippen molar-refractivity contribution in [1.82, 2.24) is 15.0 Å². The van der Waals surface area contributed by atoms with E-state index < -0.39 is 0 Å². The summed E-state index contributed by atoms with van der Waals surface area (Å²) in [4.78, 5) is 15.1. The number of para-hydroxylation sites is 2. The van der Waals surface area contributed by atoms with Crippen molar-refractivity contribution in [3.05, 3.63) is 254 Å². The molecule has 0 saturated carbocycles. The maximum atomic E-state index is 4.34. The van der Waals surface area contributed by atoms with Gasteiger partial charge in [-0.3, -0.25) is 0 Å². The number of benzene rings is 6. The van der Waals surface area contributed by atoms with Gasteiger partial charge >= 0.3 is 20.1 Å². The fourth-order valence-electron chi connectivity index (χ4n) is 6.46. The number of pyridine rings is 3. The van der Waals surface area contributed by atoms with Crippen molar-refractivity contribution in [2.75, 3.05) is 4.90 Å². The van der Waals surface area contributed by atoms with Crippen molar-refractivity contribution in [2.24, 2.45) is 0 Å². The summed E-state index contributed by atoms with van der Waals surface area (Å²) in [5.41, 5.74) is 12.6. The third-order valence-corrected chi connectivity index (χ3v) is 9.93. The van der Waals surface area contributed by atoms with Crippen LogP contribution in [0.3, 0.4) is 0 Å². The molecule has 0 amide bonds. The van der Waals surface area contributed by atoms with Gasteiger partial charge in [0, 0.05) is 35.7 Å². The molecule has 3 aromatic heterocycles. The van der Waals surface area contributed by atoms with E-state index in [1.807, 2.05) is 115 Å². The SMILES string of the molecule is CC(C)(C)c1cc[c-]c(-c2ccccn2)c1.CC(C)(C)c1ccc(N(c2ccccc2)c2ccccc2)cc1.[Ir+3].[c-]1ccccc1-c1ccccn1.[c-]1ccccc1-c1ccccn1. The average molecular weight is 1010 g/mol. The molecular formula is C59H55IrN4. The zero-order valence-electron chi connectivity index (χ0n) is 37.5. The van der Waals surface area contributed by atoms with Gasteiger partial charge in [-0.1, -0.05) is 126 Å². The second-order valence-electron chi connectivity index (χ2n) is 16.7. The van der Waals surface area contributed by atoms with E-state index in [2.05, 4.69) is 177 Å². The van der Waals surface area contributed by atoms with Crippen molar-refractivity contribution in [3.8, 4) is 33.8 Å². The van der Waals surface area contributed by atoms with Crippen LogP contribution in [0.1, 0.15) is 52.7 Å². The summed E-state index contributed by atoms with van der Waals surface area (Å²) < 4.78 is 0. The average Bonchev–Trinajstić information content (AvgIpc) is 3.34. The van der Waals surface area contributed by atoms with Crippen molar-refractivity contribution in [2.45, 2.75) is 52.4 Å². The van der Waals surface area contributed by atoms with Gasteiger partial charge in [-0.25, -0.2) is 0 Å². The molecule has 0 spiro atoms. The molecule has 320 valence electrons. The Bertz CT molecular complexity index is 2440. The van der Waals surface area contributed by atoms with E-state index in [9.17, 15) is 0 Å². The molecule has 0 fully saturated rings. The van der Waals surface area contributed by atoms with Crippen LogP contribution >= 0.6 is 0 Å². The monoisotopic (exact) mass is 1010 g/mol. The quantitative estimate of drug-likeness (QED) is 0.156. The van der Waals surface area contributed by atoms with Crippen LogP contribution < -0.4 is 4.90 Å². The predicted molar refractivity (Wildman–Crippen MR) is 264 cm³/mol. The number of rotatable bonds is 6. The number of aromatic nitrogens is 3. The summed E-state index contributed by atoms with van der Waals surface area (Å²) in [5.74, 6) is 0. The van der Waals surface area contributed by atoms with E-state index in [0.29, 0.717) is 0 Å². The van der Waals surface area contributed by atoms with Crippen LogP contribution in [0.2, 0.25) is 0 Å². The Morgan fingerprint density at radius 1 is 0.344 bits per heavy atom. The smallest absolute Gasteiger partial charge is 0.311 e. The number of nitrogens with zero attached hydrogens (tertiary/aromatic N) is 4. The Morgan fingerprint density at radius 2 is 0.719 bits per heavy atom. The Hall–Kier alpha value is -6.78. The van der Waals surface area contributed by atoms with Gasteiger partial charge < -0.3 is 19.9 Å². The zero-order valence-corrected chi connectivity index (χ0v) is 39.9. The van der Waals surface area contributed by atoms with Gasteiger partial charge in [0.25, 0.3) is 0 Å². The van der Waals surface area contributed by atoms with E-state index in [1.165, 1.54) is 28.2 Å². The van der Waals surface area contributed by atoms with E-state index >= 15 is 0 Å². The zero-order chi connectivity index (χ0) is 44.3. The molecule has 0 aliphatic carbocycles. The van der Waals surface area contributed by atoms with Crippen LogP contribution in [-0.4, -0.2) is 15.0 Å². The molecule has 6 aromatic carbocycles. The first-order valence-electron chi connectivity index (χ1n) is 21.3. The van der Waals surface area contributed by atoms with Crippen LogP contribution in [-0.2, 0) is 30.9 Å². The largest absolute Gasteiger partial charge is 3.00 e. The first-order valence-corrected chi connectivity index (χ1v) is 21.3. The molecule has 64 heavy (non-hydrogen) atoms. The van der Waals surface area contributed by atoms with Crippen molar-refractivity contribution in [1.29, 1.82) is 0 Å². The molecule has 0 N–H and O–H groups in total. The summed E-state index contributed by atoms with van der Waals surface area (Å²) in [6, 6.07) is 78.9. The van der Waals surface area contributed by atoms with E-state index in [-0.39, 0.29) is 30.9 Å². The van der Waals surface area contributed by atoms with Gasteiger partial charge in [0.1, 0.15) is 0 Å². The minimum atomic E-state index is 0. The second-order valence-corrected chi connectivity index (χ2v) is 16.7. The summed E-state index contributed by atoms with van der Waals surface area (Å²) in [5, 5.41) is 0. The van der Waals surface area contributed by atoms with Gasteiger partial charge in [0.15, 0.2) is 0 Å². The van der Waals surface area contributed by atoms with Gasteiger partial charge in [0.2, 0.25) is 0 Å². The van der Waals surface area contributed by atoms with Crippen LogP contribution in [0.4, 0.5) is 17.1 Å². The molecule has 0 aliphatic heterocycles. The first-order chi connectivity index (χ1) is 30.6. The van der Waals surface area contributed by atoms with E-state index in [4.69, 9.17) is 0 Å². The van der Waals surface area contributed by atoms with Crippen molar-refractivity contribution < 1.29 is 20.1 Å². The minimum absolute atomic E-state index is 0. The number of hydrogen-bond donors (Lipinski definition) is 0. The maximum absolute atomic E-state index is 4.34. The van der Waals surface area contributed by atoms with Gasteiger partial charge in [0.05, 0.1) is 0 Å². The molecule has 3 heterocycles. The molecule has 0 unspecified atom stereocenters. The first kappa shape index (κ1) is 48.3. The standard InChI is InChI=1S/C22H23N.C15H16N.2C11H8N.Ir/c1-22(2,3)18-14-16-21(17-15-18)23(19-10-6-4-7-11-19)20-12-8-5-9-13-20;1-15(2,3)13-8-6-7-12(11-13)14-9-4-5-10-16-14;2*1-2-6-10(7-3-1)11-8-4-5-9-12-11;/h4-17H,1-3H3;4-6,8-11H,1-3H3;2*1-6,8-9H;/q;3*-1;+3. The fourth-order valence-corrected chi connectivity index (χ4v) is 6.46. The summed E-state index contributed by atoms with van der Waals surface area (Å²) in [7, 11) is 0. The Morgan fingerprint density at radius 3 is 1.09 bits per heavy atom. The van der Waals surface area contributed by atoms with Crippen molar-refractivity contribution >= 4 is 17.1 Å². The molecule has 0 radical (unpaired) electrons. The summed E-state index contributed by atoms with van der Waals surface area (Å²) in [6.07, 6.45) is 5.39. The summed E-state index contributed by atoms with van der Waals surface area (Å²) in [6.45, 7) is 13.4. The molecular weight excluding hydrogens is 957 g/mol. The van der Waals surface area contributed by atoms with Gasteiger partial charge in [-0.15, -0.1) is 107 Å². The Kier molecular flexibility index (Phi) is 18.2. The Balaban J connectivity index is 0.000000166. The van der Waals surface area contributed by atoms with E-state index in [1.54, 1.807) is 12.4 Å². The molecule has 0 saturated heterocycles. The van der Waals surface area contributed by atoms with E-state index in [0.717, 1.165) is 33.8 Å². The molecule has 9 aromatic rings. The molecule has 0 aliphatic rings. The van der Waals surface area contributed by atoms with Crippen LogP contribution in [0.5, 0.6) is 0 Å². The maximum Gasteiger partial charge on any atom is 3.00 e. The van der Waals surface area contributed by atoms with Gasteiger partial charge in [-0.2, -0.15) is 0 Å². The number of hydrogen-bond acceptors (Lipinski definition) is 4. The predicted octanol–water partition coefficient (Wildman–Crippen LogP) is 15.4. The summed E-state index contributed by atoms with van der Waals surface area (Å²) >= 11 is 0. The second kappa shape index (κ2) is 24.2.